The van der Waals surface area contributed by atoms with Gasteiger partial charge < -0.3 is 5.73 Å². The first-order valence-electron chi connectivity index (χ1n) is 8.93. The Bertz CT molecular complexity index is 1270. The van der Waals surface area contributed by atoms with E-state index in [1.165, 1.54) is 29.5 Å². The molecule has 0 atom stereocenters. The Kier molecular flexibility index (Phi) is 5.61. The summed E-state index contributed by atoms with van der Waals surface area (Å²) in [5, 5.41) is 3.28. The summed E-state index contributed by atoms with van der Waals surface area (Å²) in [6, 6.07) is 16.0. The number of carbonyl (C=O) groups excluding carboxylic acids is 2. The summed E-state index contributed by atoms with van der Waals surface area (Å²) in [7, 11) is 0. The molecule has 5 nitrogen and oxygen atoms in total. The van der Waals surface area contributed by atoms with Gasteiger partial charge in [0.05, 0.1) is 10.2 Å². The quantitative estimate of drug-likeness (QED) is 0.291. The second kappa shape index (κ2) is 8.33. The van der Waals surface area contributed by atoms with E-state index in [2.05, 4.69) is 26.2 Å². The molecular weight excluding hydrogens is 469 g/mol. The van der Waals surface area contributed by atoms with Crippen LogP contribution in [0.2, 0.25) is 0 Å². The molecule has 0 fully saturated rings. The predicted octanol–water partition coefficient (Wildman–Crippen LogP) is 5.46. The average molecular weight is 484 g/mol. The molecule has 150 valence electrons. The first-order valence-corrected chi connectivity index (χ1v) is 10.5. The maximum atomic E-state index is 13.2. The van der Waals surface area contributed by atoms with Crippen molar-refractivity contribution in [1.29, 1.82) is 0 Å². The van der Waals surface area contributed by atoms with Crippen molar-refractivity contribution in [3.8, 4) is 0 Å². The second-order valence-electron chi connectivity index (χ2n) is 6.61. The SMILES string of the molecule is Nc1cc(F)ccc1CC(=O)c1ccc(C(=O)Nc2nc3ccc(Br)cc3s2)cc1. The van der Waals surface area contributed by atoms with Gasteiger partial charge in [-0.3, -0.25) is 14.9 Å². The van der Waals surface area contributed by atoms with Gasteiger partial charge in [-0.25, -0.2) is 9.37 Å². The third-order valence-corrected chi connectivity index (χ3v) is 5.93. The van der Waals surface area contributed by atoms with Crippen molar-refractivity contribution in [1.82, 2.24) is 4.98 Å². The van der Waals surface area contributed by atoms with Crippen LogP contribution in [0.1, 0.15) is 26.3 Å². The molecule has 0 aliphatic rings. The van der Waals surface area contributed by atoms with Gasteiger partial charge in [-0.15, -0.1) is 0 Å². The van der Waals surface area contributed by atoms with Gasteiger partial charge in [0.15, 0.2) is 10.9 Å². The van der Waals surface area contributed by atoms with Crippen molar-refractivity contribution in [2.24, 2.45) is 0 Å². The molecule has 0 bridgehead atoms. The standard InChI is InChI=1S/C22H15BrFN3O2S/c23-15-6-8-18-20(10-15)30-22(26-18)27-21(29)13-3-1-12(2-4-13)19(28)9-14-5-7-16(24)11-17(14)25/h1-8,10-11H,9,25H2,(H,26,27,29). The third-order valence-electron chi connectivity index (χ3n) is 4.50. The number of nitrogens with one attached hydrogen (secondary N) is 1. The van der Waals surface area contributed by atoms with Crippen molar-refractivity contribution in [2.45, 2.75) is 6.42 Å². The van der Waals surface area contributed by atoms with Crippen molar-refractivity contribution >= 4 is 60.0 Å². The molecule has 0 saturated carbocycles. The smallest absolute Gasteiger partial charge is 0.257 e. The van der Waals surface area contributed by atoms with E-state index in [1.807, 2.05) is 18.2 Å². The maximum absolute atomic E-state index is 13.2. The number of rotatable bonds is 5. The fourth-order valence-electron chi connectivity index (χ4n) is 2.93. The summed E-state index contributed by atoms with van der Waals surface area (Å²) in [6.45, 7) is 0. The monoisotopic (exact) mass is 483 g/mol. The molecule has 8 heteroatoms. The van der Waals surface area contributed by atoms with Crippen molar-refractivity contribution in [3.63, 3.8) is 0 Å². The summed E-state index contributed by atoms with van der Waals surface area (Å²) < 4.78 is 15.1. The Morgan fingerprint density at radius 3 is 2.50 bits per heavy atom. The van der Waals surface area contributed by atoms with Crippen molar-refractivity contribution < 1.29 is 14.0 Å². The Labute approximate surface area is 183 Å². The molecule has 4 aromatic rings. The van der Waals surface area contributed by atoms with Crippen LogP contribution >= 0.6 is 27.3 Å². The number of carbonyl (C=O) groups is 2. The van der Waals surface area contributed by atoms with Crippen LogP contribution in [0.4, 0.5) is 15.2 Å². The van der Waals surface area contributed by atoms with Crippen LogP contribution in [-0.4, -0.2) is 16.7 Å². The maximum Gasteiger partial charge on any atom is 0.257 e. The topological polar surface area (TPSA) is 85.1 Å². The number of hydrogen-bond donors (Lipinski definition) is 2. The lowest BCUT2D eigenvalue weighted by Crippen LogP contribution is -2.12. The molecule has 0 spiro atoms. The zero-order valence-electron chi connectivity index (χ0n) is 15.5. The van der Waals surface area contributed by atoms with Gasteiger partial charge in [-0.2, -0.15) is 0 Å². The van der Waals surface area contributed by atoms with E-state index in [4.69, 9.17) is 5.73 Å². The molecule has 1 heterocycles. The molecule has 0 saturated heterocycles. The van der Waals surface area contributed by atoms with Crippen LogP contribution < -0.4 is 11.1 Å². The van der Waals surface area contributed by atoms with Gasteiger partial charge in [0.2, 0.25) is 0 Å². The number of ketones is 1. The average Bonchev–Trinajstić information content (AvgIpc) is 3.11. The Morgan fingerprint density at radius 2 is 1.77 bits per heavy atom. The highest BCUT2D eigenvalue weighted by molar-refractivity contribution is 9.10. The number of nitrogen functional groups attached to an aromatic ring is 1. The zero-order chi connectivity index (χ0) is 21.3. The van der Waals surface area contributed by atoms with Gasteiger partial charge in [0.25, 0.3) is 5.91 Å². The summed E-state index contributed by atoms with van der Waals surface area (Å²) in [6.07, 6.45) is 0.0545. The van der Waals surface area contributed by atoms with Crippen LogP contribution in [0.5, 0.6) is 0 Å². The number of aromatic nitrogens is 1. The summed E-state index contributed by atoms with van der Waals surface area (Å²) in [5.74, 6) is -0.924. The van der Waals surface area contributed by atoms with Crippen molar-refractivity contribution in [2.75, 3.05) is 11.1 Å². The first-order chi connectivity index (χ1) is 14.4. The van der Waals surface area contributed by atoms with Crippen LogP contribution in [-0.2, 0) is 6.42 Å². The summed E-state index contributed by atoms with van der Waals surface area (Å²) >= 11 is 4.80. The summed E-state index contributed by atoms with van der Waals surface area (Å²) in [5.41, 5.74) is 8.23. The second-order valence-corrected chi connectivity index (χ2v) is 8.55. The highest BCUT2D eigenvalue weighted by Crippen LogP contribution is 2.28. The number of fused-ring (bicyclic) bond motifs is 1. The van der Waals surface area contributed by atoms with Crippen molar-refractivity contribution in [3.05, 3.63) is 87.6 Å². The van der Waals surface area contributed by atoms with Gasteiger partial charge >= 0.3 is 0 Å². The lowest BCUT2D eigenvalue weighted by atomic mass is 10.0. The number of anilines is 2. The fraction of sp³-hybridized carbons (Fsp3) is 0.0455. The largest absolute Gasteiger partial charge is 0.398 e. The number of Topliss-reactive ketones (excluding diaryl/α,β-unsaturated/α-hetero) is 1. The van der Waals surface area contributed by atoms with E-state index in [0.717, 1.165) is 14.7 Å². The van der Waals surface area contributed by atoms with Gasteiger partial charge in [-0.05, 0) is 48.0 Å². The minimum absolute atomic E-state index is 0.0545. The van der Waals surface area contributed by atoms with E-state index < -0.39 is 5.82 Å². The van der Waals surface area contributed by atoms with Crippen LogP contribution in [0.25, 0.3) is 10.2 Å². The fourth-order valence-corrected chi connectivity index (χ4v) is 4.34. The molecule has 4 rings (SSSR count). The minimum Gasteiger partial charge on any atom is -0.398 e. The lowest BCUT2D eigenvalue weighted by molar-refractivity contribution is 0.0989. The zero-order valence-corrected chi connectivity index (χ0v) is 17.9. The molecule has 0 radical (unpaired) electrons. The van der Waals surface area contributed by atoms with Crippen LogP contribution in [0.3, 0.4) is 0 Å². The lowest BCUT2D eigenvalue weighted by Gasteiger charge is -2.06. The van der Waals surface area contributed by atoms with Gasteiger partial charge in [0.1, 0.15) is 5.82 Å². The summed E-state index contributed by atoms with van der Waals surface area (Å²) in [4.78, 5) is 29.4. The molecule has 0 aliphatic heterocycles. The molecular formula is C22H15BrFN3O2S. The number of thiazole rings is 1. The molecule has 3 N–H and O–H groups in total. The predicted molar refractivity (Wildman–Crippen MR) is 121 cm³/mol. The number of amides is 1. The van der Waals surface area contributed by atoms with Crippen LogP contribution in [0, 0.1) is 5.82 Å². The molecule has 1 amide bonds. The Morgan fingerprint density at radius 1 is 1.03 bits per heavy atom. The highest BCUT2D eigenvalue weighted by atomic mass is 79.9. The van der Waals surface area contributed by atoms with Gasteiger partial charge in [0, 0.05) is 27.7 Å². The molecule has 0 aliphatic carbocycles. The Balaban J connectivity index is 1.45. The molecule has 30 heavy (non-hydrogen) atoms. The van der Waals surface area contributed by atoms with E-state index in [1.54, 1.807) is 24.3 Å². The molecule has 1 aromatic heterocycles. The van der Waals surface area contributed by atoms with E-state index in [-0.39, 0.29) is 23.8 Å². The normalized spacial score (nSPS) is 10.9. The Hall–Kier alpha value is -3.10. The molecule has 3 aromatic carbocycles. The van der Waals surface area contributed by atoms with E-state index in [0.29, 0.717) is 21.8 Å². The first kappa shape index (κ1) is 20.2. The van der Waals surface area contributed by atoms with Crippen LogP contribution in [0.15, 0.2) is 65.1 Å². The highest BCUT2D eigenvalue weighted by Gasteiger charge is 2.13. The number of hydrogen-bond acceptors (Lipinski definition) is 5. The van der Waals surface area contributed by atoms with E-state index >= 15 is 0 Å². The number of halogens is 2. The number of benzene rings is 3. The number of nitrogens with two attached hydrogens (primary N) is 1. The van der Waals surface area contributed by atoms with Gasteiger partial charge in [-0.1, -0.05) is 45.5 Å². The minimum atomic E-state index is -0.445. The molecule has 0 unspecified atom stereocenters. The number of nitrogens with zero attached hydrogens (tertiary/aromatic N) is 1. The third kappa shape index (κ3) is 4.39. The van der Waals surface area contributed by atoms with E-state index in [9.17, 15) is 14.0 Å².